The van der Waals surface area contributed by atoms with E-state index in [0.717, 1.165) is 43.5 Å². The van der Waals surface area contributed by atoms with Crippen LogP contribution < -0.4 is 0 Å². The molecule has 0 radical (unpaired) electrons. The molecule has 6 heteroatoms. The van der Waals surface area contributed by atoms with Gasteiger partial charge in [0.05, 0.1) is 39.5 Å². The molecule has 0 aliphatic carbocycles. The third-order valence-corrected chi connectivity index (χ3v) is 9.69. The number of aromatic nitrogens is 5. The standard InChI is InChI=1S/C37H21N5S/c1-2-9-23(10-3-1)34-33-26-12-4-7-16-31(26)43-36(33)40-37(39-34)42-28-14-6-5-13-27(28)41-30-21-38-20-19-24(30)25-18-17-22-11-8-15-29(42)32(22)35(25)41/h1-21H. The molecule has 10 aromatic rings. The Balaban J connectivity index is 1.47. The van der Waals surface area contributed by atoms with Gasteiger partial charge >= 0.3 is 0 Å². The Labute approximate surface area is 248 Å². The first-order chi connectivity index (χ1) is 21.3. The van der Waals surface area contributed by atoms with Crippen LogP contribution in [0, 0.1) is 0 Å². The summed E-state index contributed by atoms with van der Waals surface area (Å²) in [6.07, 6.45) is 3.86. The van der Waals surface area contributed by atoms with Gasteiger partial charge in [-0.15, -0.1) is 11.3 Å². The number of hydrogen-bond acceptors (Lipinski definition) is 4. The molecule has 0 amide bonds. The van der Waals surface area contributed by atoms with Gasteiger partial charge in [0.15, 0.2) is 0 Å². The van der Waals surface area contributed by atoms with Crippen LogP contribution in [-0.2, 0) is 0 Å². The summed E-state index contributed by atoms with van der Waals surface area (Å²) in [5, 5.41) is 7.03. The van der Waals surface area contributed by atoms with Crippen LogP contribution in [0.4, 0.5) is 0 Å². The number of para-hydroxylation sites is 2. The minimum absolute atomic E-state index is 0.656. The largest absolute Gasteiger partial charge is 0.305 e. The number of thiophene rings is 1. The van der Waals surface area contributed by atoms with Gasteiger partial charge in [0.25, 0.3) is 0 Å². The minimum Gasteiger partial charge on any atom is -0.305 e. The highest BCUT2D eigenvalue weighted by Gasteiger charge is 2.21. The zero-order valence-electron chi connectivity index (χ0n) is 22.8. The predicted octanol–water partition coefficient (Wildman–Crippen LogP) is 9.56. The van der Waals surface area contributed by atoms with Crippen molar-refractivity contribution in [3.63, 3.8) is 0 Å². The topological polar surface area (TPSA) is 48.0 Å². The Hall–Kier alpha value is -5.59. The lowest BCUT2D eigenvalue weighted by atomic mass is 10.0. The monoisotopic (exact) mass is 567 g/mol. The van der Waals surface area contributed by atoms with E-state index in [1.807, 2.05) is 12.4 Å². The first-order valence-electron chi connectivity index (χ1n) is 14.3. The summed E-state index contributed by atoms with van der Waals surface area (Å²) in [5.41, 5.74) is 7.43. The normalized spacial score (nSPS) is 12.2. The lowest BCUT2D eigenvalue weighted by molar-refractivity contribution is 1.01. The molecule has 0 aliphatic rings. The van der Waals surface area contributed by atoms with Crippen molar-refractivity contribution in [3.05, 3.63) is 128 Å². The summed E-state index contributed by atoms with van der Waals surface area (Å²) in [4.78, 5) is 16.3. The first-order valence-corrected chi connectivity index (χ1v) is 15.1. The summed E-state index contributed by atoms with van der Waals surface area (Å²) < 4.78 is 5.83. The van der Waals surface area contributed by atoms with Crippen LogP contribution in [0.25, 0.3) is 86.6 Å². The second kappa shape index (κ2) is 8.47. The molecule has 10 rings (SSSR count). The Morgan fingerprint density at radius 1 is 0.558 bits per heavy atom. The molecule has 0 saturated carbocycles. The molecule has 0 atom stereocenters. The highest BCUT2D eigenvalue weighted by atomic mass is 32.1. The number of rotatable bonds is 2. The minimum atomic E-state index is 0.656. The number of fused-ring (bicyclic) bond motifs is 8. The molecule has 43 heavy (non-hydrogen) atoms. The van der Waals surface area contributed by atoms with Crippen molar-refractivity contribution in [2.45, 2.75) is 0 Å². The van der Waals surface area contributed by atoms with Crippen LogP contribution in [0.1, 0.15) is 0 Å². The van der Waals surface area contributed by atoms with Gasteiger partial charge in [-0.05, 0) is 35.7 Å². The fourth-order valence-corrected chi connectivity index (χ4v) is 7.92. The highest BCUT2D eigenvalue weighted by molar-refractivity contribution is 7.25. The van der Waals surface area contributed by atoms with Gasteiger partial charge in [0.2, 0.25) is 5.95 Å². The van der Waals surface area contributed by atoms with Gasteiger partial charge in [0, 0.05) is 43.4 Å². The first kappa shape index (κ1) is 23.0. The van der Waals surface area contributed by atoms with E-state index in [2.05, 4.69) is 129 Å². The van der Waals surface area contributed by atoms with Crippen molar-refractivity contribution in [1.29, 1.82) is 0 Å². The lowest BCUT2D eigenvalue weighted by Crippen LogP contribution is -2.04. The van der Waals surface area contributed by atoms with E-state index in [4.69, 9.17) is 9.97 Å². The maximum absolute atomic E-state index is 5.42. The molecule has 5 aromatic heterocycles. The van der Waals surface area contributed by atoms with Crippen molar-refractivity contribution in [2.24, 2.45) is 0 Å². The van der Waals surface area contributed by atoms with E-state index in [9.17, 15) is 0 Å². The van der Waals surface area contributed by atoms with E-state index >= 15 is 0 Å². The molecular weight excluding hydrogens is 547 g/mol. The smallest absolute Gasteiger partial charge is 0.236 e. The number of benzene rings is 5. The maximum atomic E-state index is 5.42. The molecule has 0 fully saturated rings. The van der Waals surface area contributed by atoms with Crippen molar-refractivity contribution >= 4 is 80.8 Å². The zero-order chi connectivity index (χ0) is 28.1. The molecule has 0 N–H and O–H groups in total. The average Bonchev–Trinajstić information content (AvgIpc) is 3.57. The van der Waals surface area contributed by atoms with Gasteiger partial charge < -0.3 is 4.40 Å². The van der Waals surface area contributed by atoms with E-state index in [1.54, 1.807) is 11.3 Å². The highest BCUT2D eigenvalue weighted by Crippen LogP contribution is 2.41. The SMILES string of the molecule is c1ccc(-c2nc(-n3c4cccc5ccc6c7ccncc7n(c7ccccc73)c6c54)nc3sc4ccccc4c23)cc1. The Kier molecular flexibility index (Phi) is 4.54. The summed E-state index contributed by atoms with van der Waals surface area (Å²) in [6, 6.07) is 40.7. The van der Waals surface area contributed by atoms with Crippen LogP contribution in [0.2, 0.25) is 0 Å². The molecular formula is C37H21N5S. The van der Waals surface area contributed by atoms with Crippen LogP contribution in [0.5, 0.6) is 0 Å². The van der Waals surface area contributed by atoms with E-state index in [1.165, 1.54) is 37.1 Å². The van der Waals surface area contributed by atoms with E-state index in [0.29, 0.717) is 5.95 Å². The van der Waals surface area contributed by atoms with Crippen molar-refractivity contribution in [1.82, 2.24) is 23.9 Å². The average molecular weight is 568 g/mol. The molecule has 0 unspecified atom stereocenters. The summed E-state index contributed by atoms with van der Waals surface area (Å²) in [5.74, 6) is 0.656. The second-order valence-corrected chi connectivity index (χ2v) is 11.9. The lowest BCUT2D eigenvalue weighted by Gasteiger charge is -2.13. The molecule has 5 aromatic carbocycles. The second-order valence-electron chi connectivity index (χ2n) is 10.9. The summed E-state index contributed by atoms with van der Waals surface area (Å²) >= 11 is 1.72. The van der Waals surface area contributed by atoms with Crippen molar-refractivity contribution in [2.75, 3.05) is 0 Å². The molecule has 5 nitrogen and oxygen atoms in total. The third-order valence-electron chi connectivity index (χ3n) is 8.63. The van der Waals surface area contributed by atoms with Gasteiger partial charge in [-0.3, -0.25) is 9.55 Å². The quantitative estimate of drug-likeness (QED) is 0.209. The maximum Gasteiger partial charge on any atom is 0.236 e. The van der Waals surface area contributed by atoms with Crippen molar-refractivity contribution in [3.8, 4) is 17.2 Å². The Morgan fingerprint density at radius 2 is 1.37 bits per heavy atom. The van der Waals surface area contributed by atoms with Gasteiger partial charge in [-0.2, -0.15) is 0 Å². The molecule has 0 saturated heterocycles. The molecule has 0 bridgehead atoms. The van der Waals surface area contributed by atoms with Crippen LogP contribution in [-0.4, -0.2) is 23.9 Å². The zero-order valence-corrected chi connectivity index (χ0v) is 23.6. The fourth-order valence-electron chi connectivity index (χ4n) is 6.84. The number of pyridine rings is 1. The van der Waals surface area contributed by atoms with E-state index < -0.39 is 0 Å². The van der Waals surface area contributed by atoms with E-state index in [-0.39, 0.29) is 0 Å². The van der Waals surface area contributed by atoms with Crippen LogP contribution in [0.15, 0.2) is 128 Å². The predicted molar refractivity (Wildman–Crippen MR) is 178 cm³/mol. The Morgan fingerprint density at radius 3 is 2.30 bits per heavy atom. The molecule has 5 heterocycles. The summed E-state index contributed by atoms with van der Waals surface area (Å²) in [6.45, 7) is 0. The van der Waals surface area contributed by atoms with Crippen LogP contribution >= 0.6 is 11.3 Å². The summed E-state index contributed by atoms with van der Waals surface area (Å²) in [7, 11) is 0. The van der Waals surface area contributed by atoms with Gasteiger partial charge in [-0.25, -0.2) is 9.97 Å². The molecule has 200 valence electrons. The fraction of sp³-hybridized carbons (Fsp3) is 0. The van der Waals surface area contributed by atoms with Gasteiger partial charge in [0.1, 0.15) is 4.83 Å². The Bertz CT molecular complexity index is 2720. The molecule has 0 spiro atoms. The van der Waals surface area contributed by atoms with Crippen molar-refractivity contribution < 1.29 is 0 Å². The molecule has 0 aliphatic heterocycles. The van der Waals surface area contributed by atoms with Gasteiger partial charge in [-0.1, -0.05) is 84.9 Å². The third kappa shape index (κ3) is 3.07. The number of nitrogens with zero attached hydrogens (tertiary/aromatic N) is 5. The van der Waals surface area contributed by atoms with Crippen LogP contribution in [0.3, 0.4) is 0 Å². The number of hydrogen-bond donors (Lipinski definition) is 0.